The quantitative estimate of drug-likeness (QED) is 0.359. The van der Waals surface area contributed by atoms with Gasteiger partial charge in [0.05, 0.1) is 53.6 Å². The first kappa shape index (κ1) is 23.7. The Morgan fingerprint density at radius 2 is 2.03 bits per heavy atom. The lowest BCUT2D eigenvalue weighted by molar-refractivity contribution is -0.0571. The first-order valence-electron chi connectivity index (χ1n) is 12.5. The van der Waals surface area contributed by atoms with Gasteiger partial charge in [0, 0.05) is 24.4 Å². The van der Waals surface area contributed by atoms with Gasteiger partial charge in [0.25, 0.3) is 5.91 Å². The molecule has 5 aromatic rings. The molecule has 0 saturated carbocycles. The predicted molar refractivity (Wildman–Crippen MR) is 135 cm³/mol. The largest absolute Gasteiger partial charge is 0.382 e. The van der Waals surface area contributed by atoms with Crippen LogP contribution in [0.25, 0.3) is 27.8 Å². The molecule has 0 aliphatic carbocycles. The van der Waals surface area contributed by atoms with E-state index in [4.69, 9.17) is 10.5 Å². The molecule has 5 heterocycles. The summed E-state index contributed by atoms with van der Waals surface area (Å²) in [7, 11) is 0. The summed E-state index contributed by atoms with van der Waals surface area (Å²) in [6.45, 7) is -1.98. The van der Waals surface area contributed by atoms with Gasteiger partial charge in [-0.05, 0) is 42.2 Å². The van der Waals surface area contributed by atoms with E-state index in [1.807, 2.05) is 12.1 Å². The number of ether oxygens (including phenoxy) is 1. The number of carbonyl (C=O) groups excluding carboxylic acids is 1. The Balaban J connectivity index is 1.27. The highest BCUT2D eigenvalue weighted by Crippen LogP contribution is 2.41. The molecule has 39 heavy (non-hydrogen) atoms. The number of alkyl halides is 2. The minimum Gasteiger partial charge on any atom is -0.382 e. The molecule has 2 aliphatic heterocycles. The molecule has 2 N–H and O–H groups in total. The summed E-state index contributed by atoms with van der Waals surface area (Å²) >= 11 is 0. The summed E-state index contributed by atoms with van der Waals surface area (Å²) in [5.41, 5.74) is 10.1. The van der Waals surface area contributed by atoms with Gasteiger partial charge >= 0.3 is 6.55 Å². The number of nitrogens with two attached hydrogens (primary N) is 1. The number of halogens is 3. The third-order valence-electron chi connectivity index (χ3n) is 7.55. The number of nitrogens with zero attached hydrogens (tertiary/aromatic N) is 6. The Morgan fingerprint density at radius 1 is 1.15 bits per heavy atom. The van der Waals surface area contributed by atoms with Crippen LogP contribution in [0, 0.1) is 5.82 Å². The lowest BCUT2D eigenvalue weighted by Gasteiger charge is -2.44. The molecule has 2 atom stereocenters. The van der Waals surface area contributed by atoms with Crippen molar-refractivity contribution < 1.29 is 22.7 Å². The van der Waals surface area contributed by atoms with Gasteiger partial charge in [0.2, 0.25) is 0 Å². The molecule has 9 nitrogen and oxygen atoms in total. The van der Waals surface area contributed by atoms with Crippen molar-refractivity contribution in [3.8, 4) is 11.3 Å². The van der Waals surface area contributed by atoms with Crippen molar-refractivity contribution in [2.24, 2.45) is 0 Å². The van der Waals surface area contributed by atoms with Crippen molar-refractivity contribution >= 4 is 28.3 Å². The van der Waals surface area contributed by atoms with E-state index in [2.05, 4.69) is 15.1 Å². The standard InChI is InChI=1S/C27H22F3N7O2/c28-18-10-20-21(36-13-32-11-22(36)25(31)33-20)9-17(18)26(38)35-6-1-2-23-24(35)16-4-3-14(8-15(16)12-39-23)19-5-7-37(34-19)27(29)30/h3-5,7-11,13,23-24,27H,1-2,6,12H2,(H2,31,33)/t23-,24-/m0/s1. The third-order valence-corrected chi connectivity index (χ3v) is 7.55. The van der Waals surface area contributed by atoms with Crippen LogP contribution in [-0.4, -0.2) is 47.6 Å². The van der Waals surface area contributed by atoms with Gasteiger partial charge in [-0.3, -0.25) is 9.20 Å². The van der Waals surface area contributed by atoms with E-state index in [0.717, 1.165) is 17.5 Å². The molecule has 7 rings (SSSR count). The third kappa shape index (κ3) is 3.74. The number of hydrogen-bond acceptors (Lipinski definition) is 6. The van der Waals surface area contributed by atoms with E-state index in [0.29, 0.717) is 52.1 Å². The molecule has 2 aromatic carbocycles. The van der Waals surface area contributed by atoms with Crippen molar-refractivity contribution in [2.45, 2.75) is 38.1 Å². The number of nitrogen functional groups attached to an aromatic ring is 1. The van der Waals surface area contributed by atoms with Crippen molar-refractivity contribution in [2.75, 3.05) is 12.3 Å². The second-order valence-corrected chi connectivity index (χ2v) is 9.77. The van der Waals surface area contributed by atoms with Crippen LogP contribution in [0.15, 0.2) is 55.1 Å². The summed E-state index contributed by atoms with van der Waals surface area (Å²) in [6.07, 6.45) is 5.56. The molecule has 2 aliphatic rings. The maximum atomic E-state index is 15.4. The van der Waals surface area contributed by atoms with E-state index >= 15 is 4.39 Å². The first-order valence-corrected chi connectivity index (χ1v) is 12.5. The Morgan fingerprint density at radius 3 is 2.85 bits per heavy atom. The Hall–Kier alpha value is -4.45. The maximum Gasteiger partial charge on any atom is 0.333 e. The summed E-state index contributed by atoms with van der Waals surface area (Å²) in [6, 6.07) is 9.36. The maximum absolute atomic E-state index is 15.4. The average molecular weight is 534 g/mol. The molecule has 0 unspecified atom stereocenters. The number of piperidine rings is 1. The van der Waals surface area contributed by atoms with E-state index in [9.17, 15) is 13.6 Å². The van der Waals surface area contributed by atoms with Crippen molar-refractivity contribution in [1.29, 1.82) is 0 Å². The zero-order valence-electron chi connectivity index (χ0n) is 20.5. The lowest BCUT2D eigenvalue weighted by Crippen LogP contribution is -2.48. The molecule has 3 aromatic heterocycles. The zero-order valence-corrected chi connectivity index (χ0v) is 20.5. The molecule has 1 fully saturated rings. The highest BCUT2D eigenvalue weighted by Gasteiger charge is 2.41. The number of imidazole rings is 1. The van der Waals surface area contributed by atoms with E-state index in [-0.39, 0.29) is 17.5 Å². The summed E-state index contributed by atoms with van der Waals surface area (Å²) < 4.78 is 49.8. The second-order valence-electron chi connectivity index (χ2n) is 9.77. The van der Waals surface area contributed by atoms with E-state index < -0.39 is 24.3 Å². The Bertz CT molecular complexity index is 1770. The van der Waals surface area contributed by atoms with Crippen LogP contribution in [0.2, 0.25) is 0 Å². The number of amides is 1. The highest BCUT2D eigenvalue weighted by atomic mass is 19.3. The highest BCUT2D eigenvalue weighted by molar-refractivity contribution is 5.99. The SMILES string of the molecule is Nc1nc2cc(F)c(C(=O)N3CCC[C@@H]4OCc5cc(-c6ccn(C(F)F)n6)ccc5[C@@H]43)cc2n2cncc12. The number of carbonyl (C=O) groups is 1. The molecular weight excluding hydrogens is 511 g/mol. The molecule has 198 valence electrons. The fourth-order valence-corrected chi connectivity index (χ4v) is 5.72. The predicted octanol–water partition coefficient (Wildman–Crippen LogP) is 4.74. The second kappa shape index (κ2) is 8.80. The van der Waals surface area contributed by atoms with Crippen LogP contribution in [-0.2, 0) is 11.3 Å². The van der Waals surface area contributed by atoms with Crippen molar-refractivity contribution in [3.63, 3.8) is 0 Å². The molecule has 0 radical (unpaired) electrons. The number of benzene rings is 2. The fraction of sp³-hybridized carbons (Fsp3) is 0.259. The normalized spacial score (nSPS) is 19.0. The van der Waals surface area contributed by atoms with Gasteiger partial charge in [-0.2, -0.15) is 13.9 Å². The van der Waals surface area contributed by atoms with Crippen LogP contribution < -0.4 is 5.73 Å². The number of fused-ring (bicyclic) bond motifs is 6. The van der Waals surface area contributed by atoms with Gasteiger partial charge in [-0.25, -0.2) is 19.0 Å². The molecule has 1 amide bonds. The van der Waals surface area contributed by atoms with Crippen molar-refractivity contribution in [3.05, 3.63) is 77.6 Å². The van der Waals surface area contributed by atoms with E-state index in [1.54, 1.807) is 27.9 Å². The molecule has 0 bridgehead atoms. The number of hydrogen-bond donors (Lipinski definition) is 1. The number of rotatable bonds is 3. The van der Waals surface area contributed by atoms with Gasteiger partial charge in [0.1, 0.15) is 17.2 Å². The van der Waals surface area contributed by atoms with Crippen LogP contribution >= 0.6 is 0 Å². The van der Waals surface area contributed by atoms with Gasteiger partial charge in [0.15, 0.2) is 0 Å². The van der Waals surface area contributed by atoms with E-state index in [1.165, 1.54) is 24.4 Å². The van der Waals surface area contributed by atoms with Crippen LogP contribution in [0.5, 0.6) is 0 Å². The smallest absolute Gasteiger partial charge is 0.333 e. The minimum atomic E-state index is -2.73. The van der Waals surface area contributed by atoms with Gasteiger partial charge in [-0.15, -0.1) is 0 Å². The van der Waals surface area contributed by atoms with Gasteiger partial charge < -0.3 is 15.4 Å². The molecule has 12 heteroatoms. The Kier molecular flexibility index (Phi) is 5.34. The minimum absolute atomic E-state index is 0.0778. The van der Waals surface area contributed by atoms with Crippen molar-refractivity contribution in [1.82, 2.24) is 29.0 Å². The average Bonchev–Trinajstić information content (AvgIpc) is 3.63. The van der Waals surface area contributed by atoms with Gasteiger partial charge in [-0.1, -0.05) is 12.1 Å². The topological polar surface area (TPSA) is 104 Å². The molecular formula is C27H22F3N7O2. The molecule has 1 saturated heterocycles. The molecule has 0 spiro atoms. The summed E-state index contributed by atoms with van der Waals surface area (Å²) in [5.74, 6) is -0.929. The summed E-state index contributed by atoms with van der Waals surface area (Å²) in [5, 5.41) is 3.95. The summed E-state index contributed by atoms with van der Waals surface area (Å²) in [4.78, 5) is 24.0. The number of anilines is 1. The number of aromatic nitrogens is 5. The number of likely N-dealkylation sites (tertiary alicyclic amines) is 1. The van der Waals surface area contributed by atoms with Crippen LogP contribution in [0.3, 0.4) is 0 Å². The lowest BCUT2D eigenvalue weighted by atomic mass is 9.86. The zero-order chi connectivity index (χ0) is 26.8. The fourth-order valence-electron chi connectivity index (χ4n) is 5.72. The Labute approximate surface area is 219 Å². The first-order chi connectivity index (χ1) is 18.9. The van der Waals surface area contributed by atoms with Crippen LogP contribution in [0.4, 0.5) is 19.0 Å². The monoisotopic (exact) mass is 533 g/mol. The van der Waals surface area contributed by atoms with Crippen LogP contribution in [0.1, 0.15) is 46.9 Å².